The molecular weight excluding hydrogens is 262 g/mol. The van der Waals surface area contributed by atoms with E-state index in [0.717, 1.165) is 5.56 Å². The van der Waals surface area contributed by atoms with Crippen molar-refractivity contribution in [3.63, 3.8) is 0 Å². The van der Waals surface area contributed by atoms with Crippen LogP contribution in [0.4, 0.5) is 10.5 Å². The lowest BCUT2D eigenvalue weighted by atomic mass is 10.1. The summed E-state index contributed by atoms with van der Waals surface area (Å²) in [5.74, 6) is -1.14. The fourth-order valence-electron chi connectivity index (χ4n) is 1.43. The Morgan fingerprint density at radius 3 is 2.55 bits per heavy atom. The first kappa shape index (κ1) is 15.5. The number of carboxylic acid groups (broad SMARTS) is 1. The van der Waals surface area contributed by atoms with Gasteiger partial charge < -0.3 is 20.5 Å². The van der Waals surface area contributed by atoms with Crippen LogP contribution < -0.4 is 10.6 Å². The maximum atomic E-state index is 11.5. The molecule has 1 unspecified atom stereocenters. The molecule has 0 fully saturated rings. The normalized spacial score (nSPS) is 11.2. The maximum Gasteiger partial charge on any atom is 0.334 e. The zero-order valence-electron chi connectivity index (χ0n) is 10.9. The van der Waals surface area contributed by atoms with E-state index >= 15 is 0 Å². The van der Waals surface area contributed by atoms with Crippen molar-refractivity contribution in [2.75, 3.05) is 19.0 Å². The van der Waals surface area contributed by atoms with E-state index in [0.29, 0.717) is 12.1 Å². The molecule has 1 aromatic carbocycles. The Hall–Kier alpha value is -2.59. The molecule has 7 heteroatoms. The van der Waals surface area contributed by atoms with Crippen molar-refractivity contribution in [3.8, 4) is 6.07 Å². The third-order valence-corrected chi connectivity index (χ3v) is 2.50. The third kappa shape index (κ3) is 4.96. The summed E-state index contributed by atoms with van der Waals surface area (Å²) in [4.78, 5) is 22.2. The molecule has 0 radical (unpaired) electrons. The van der Waals surface area contributed by atoms with Crippen LogP contribution in [0.25, 0.3) is 0 Å². The first-order valence-electron chi connectivity index (χ1n) is 5.83. The zero-order chi connectivity index (χ0) is 15.0. The van der Waals surface area contributed by atoms with E-state index < -0.39 is 18.1 Å². The van der Waals surface area contributed by atoms with Gasteiger partial charge in [0.05, 0.1) is 19.0 Å². The molecule has 3 N–H and O–H groups in total. The molecule has 2 amide bonds. The number of rotatable bonds is 6. The van der Waals surface area contributed by atoms with E-state index in [1.807, 2.05) is 6.07 Å². The predicted octanol–water partition coefficient (Wildman–Crippen LogP) is 0.974. The van der Waals surface area contributed by atoms with Crippen molar-refractivity contribution in [3.05, 3.63) is 29.8 Å². The highest BCUT2D eigenvalue weighted by Crippen LogP contribution is 2.09. The quantitative estimate of drug-likeness (QED) is 0.717. The van der Waals surface area contributed by atoms with Crippen molar-refractivity contribution >= 4 is 17.7 Å². The van der Waals surface area contributed by atoms with E-state index in [1.165, 1.54) is 7.11 Å². The van der Waals surface area contributed by atoms with Gasteiger partial charge in [-0.1, -0.05) is 12.1 Å². The number of carbonyl (C=O) groups excluding carboxylic acids is 1. The molecule has 0 aliphatic heterocycles. The van der Waals surface area contributed by atoms with Crippen molar-refractivity contribution in [2.24, 2.45) is 0 Å². The number of carbonyl (C=O) groups is 2. The molecule has 0 aliphatic rings. The van der Waals surface area contributed by atoms with Crippen molar-refractivity contribution in [1.82, 2.24) is 5.32 Å². The van der Waals surface area contributed by atoms with E-state index in [2.05, 4.69) is 15.4 Å². The Labute approximate surface area is 116 Å². The monoisotopic (exact) mass is 277 g/mol. The smallest absolute Gasteiger partial charge is 0.334 e. The molecule has 106 valence electrons. The number of amides is 2. The van der Waals surface area contributed by atoms with Crippen LogP contribution in [0, 0.1) is 11.3 Å². The van der Waals surface area contributed by atoms with Gasteiger partial charge in [-0.05, 0) is 17.7 Å². The number of hydrogen-bond donors (Lipinski definition) is 3. The number of methoxy groups -OCH3 is 1. The van der Waals surface area contributed by atoms with Crippen LogP contribution in [0.3, 0.4) is 0 Å². The number of nitrogens with zero attached hydrogens (tertiary/aromatic N) is 1. The minimum Gasteiger partial charge on any atom is -0.479 e. The molecule has 0 spiro atoms. The molecule has 0 bridgehead atoms. The second-order valence-corrected chi connectivity index (χ2v) is 3.93. The number of aliphatic carboxylic acids is 1. The van der Waals surface area contributed by atoms with Crippen molar-refractivity contribution in [2.45, 2.75) is 12.5 Å². The van der Waals surface area contributed by atoms with Gasteiger partial charge in [0.15, 0.2) is 6.10 Å². The Balaban J connectivity index is 2.46. The Morgan fingerprint density at radius 2 is 2.05 bits per heavy atom. The molecule has 0 aliphatic carbocycles. The fourth-order valence-corrected chi connectivity index (χ4v) is 1.43. The molecule has 1 atom stereocenters. The van der Waals surface area contributed by atoms with Crippen LogP contribution in [0.1, 0.15) is 5.56 Å². The lowest BCUT2D eigenvalue weighted by Gasteiger charge is -2.12. The second-order valence-electron chi connectivity index (χ2n) is 3.93. The number of carboxylic acids is 1. The molecular formula is C13H15N3O4. The summed E-state index contributed by atoms with van der Waals surface area (Å²) in [5.41, 5.74) is 1.40. The minimum atomic E-state index is -1.14. The minimum absolute atomic E-state index is 0.135. The van der Waals surface area contributed by atoms with Gasteiger partial charge in [0, 0.05) is 12.8 Å². The Kier molecular flexibility index (Phi) is 6.00. The Morgan fingerprint density at radius 1 is 1.40 bits per heavy atom. The molecule has 1 aromatic rings. The molecule has 0 heterocycles. The van der Waals surface area contributed by atoms with Crippen LogP contribution in [0.5, 0.6) is 0 Å². The number of anilines is 1. The van der Waals surface area contributed by atoms with Crippen molar-refractivity contribution in [1.29, 1.82) is 5.26 Å². The second kappa shape index (κ2) is 7.76. The molecule has 20 heavy (non-hydrogen) atoms. The summed E-state index contributed by atoms with van der Waals surface area (Å²) in [6.45, 7) is -0.135. The maximum absolute atomic E-state index is 11.5. The standard InChI is InChI=1S/C13H15N3O4/c1-20-11(12(17)18)8-15-13(19)16-10-4-2-9(3-5-10)6-7-14/h2-5,11H,6,8H2,1H3,(H,17,18)(H2,15,16,19). The summed E-state index contributed by atoms with van der Waals surface area (Å²) in [7, 11) is 1.26. The van der Waals surface area contributed by atoms with Gasteiger partial charge in [-0.25, -0.2) is 9.59 Å². The first-order valence-corrected chi connectivity index (χ1v) is 5.83. The van der Waals surface area contributed by atoms with Gasteiger partial charge in [0.25, 0.3) is 0 Å². The topological polar surface area (TPSA) is 111 Å². The fraction of sp³-hybridized carbons (Fsp3) is 0.308. The lowest BCUT2D eigenvalue weighted by molar-refractivity contribution is -0.147. The number of ether oxygens (including phenoxy) is 1. The average molecular weight is 277 g/mol. The van der Waals surface area contributed by atoms with Crippen LogP contribution in [0.15, 0.2) is 24.3 Å². The molecule has 1 rings (SSSR count). The van der Waals surface area contributed by atoms with Crippen molar-refractivity contribution < 1.29 is 19.4 Å². The Bertz CT molecular complexity index is 507. The number of nitrogens with one attached hydrogen (secondary N) is 2. The largest absolute Gasteiger partial charge is 0.479 e. The van der Waals surface area contributed by atoms with Crippen LogP contribution in [0.2, 0.25) is 0 Å². The number of nitriles is 1. The summed E-state index contributed by atoms with van der Waals surface area (Å²) in [5, 5.41) is 22.2. The highest BCUT2D eigenvalue weighted by atomic mass is 16.5. The van der Waals surface area contributed by atoms with E-state index in [1.54, 1.807) is 24.3 Å². The summed E-state index contributed by atoms with van der Waals surface area (Å²) >= 11 is 0. The van der Waals surface area contributed by atoms with E-state index in [-0.39, 0.29) is 6.54 Å². The SMILES string of the molecule is COC(CNC(=O)Nc1ccc(CC#N)cc1)C(=O)O. The molecule has 0 saturated carbocycles. The number of hydrogen-bond acceptors (Lipinski definition) is 4. The number of benzene rings is 1. The average Bonchev–Trinajstić information content (AvgIpc) is 2.41. The highest BCUT2D eigenvalue weighted by Gasteiger charge is 2.16. The van der Waals surface area contributed by atoms with Crippen LogP contribution >= 0.6 is 0 Å². The van der Waals surface area contributed by atoms with Crippen LogP contribution in [-0.2, 0) is 16.0 Å². The first-order chi connectivity index (χ1) is 9.56. The van der Waals surface area contributed by atoms with Gasteiger partial charge in [0.2, 0.25) is 0 Å². The molecule has 0 saturated heterocycles. The van der Waals surface area contributed by atoms with Gasteiger partial charge in [-0.2, -0.15) is 5.26 Å². The number of urea groups is 1. The van der Waals surface area contributed by atoms with Gasteiger partial charge in [-0.3, -0.25) is 0 Å². The summed E-state index contributed by atoms with van der Waals surface area (Å²) in [6, 6.07) is 8.29. The van der Waals surface area contributed by atoms with E-state index in [9.17, 15) is 9.59 Å². The summed E-state index contributed by atoms with van der Waals surface area (Å²) in [6.07, 6.45) is -0.778. The third-order valence-electron chi connectivity index (χ3n) is 2.50. The van der Waals surface area contributed by atoms with Crippen LogP contribution in [-0.4, -0.2) is 36.9 Å². The van der Waals surface area contributed by atoms with Gasteiger partial charge in [0.1, 0.15) is 0 Å². The zero-order valence-corrected chi connectivity index (χ0v) is 10.9. The van der Waals surface area contributed by atoms with Gasteiger partial charge in [-0.15, -0.1) is 0 Å². The molecule has 7 nitrogen and oxygen atoms in total. The van der Waals surface area contributed by atoms with E-state index in [4.69, 9.17) is 10.4 Å². The highest BCUT2D eigenvalue weighted by molar-refractivity contribution is 5.89. The predicted molar refractivity (Wildman–Crippen MR) is 71.2 cm³/mol. The molecule has 0 aromatic heterocycles. The van der Waals surface area contributed by atoms with Gasteiger partial charge >= 0.3 is 12.0 Å². The summed E-state index contributed by atoms with van der Waals surface area (Å²) < 4.78 is 4.68. The lowest BCUT2D eigenvalue weighted by Crippen LogP contribution is -2.39.